The number of benzene rings is 1. The first kappa shape index (κ1) is 13.0. The van der Waals surface area contributed by atoms with Gasteiger partial charge in [0.15, 0.2) is 0 Å². The average molecular weight is 252 g/mol. The zero-order valence-corrected chi connectivity index (χ0v) is 10.8. The zero-order valence-electron chi connectivity index (χ0n) is 10.8. The lowest BCUT2D eigenvalue weighted by Crippen LogP contribution is -2.87. The Kier molecular flexibility index (Phi) is 3.97. The first-order valence-electron chi connectivity index (χ1n) is 6.33. The van der Waals surface area contributed by atoms with Crippen LogP contribution < -0.4 is 5.32 Å². The maximum absolute atomic E-state index is 13.6. The molecule has 2 atom stereocenters. The van der Waals surface area contributed by atoms with Crippen LogP contribution in [0.1, 0.15) is 35.2 Å². The molecule has 18 heavy (non-hydrogen) atoms. The van der Waals surface area contributed by atoms with Gasteiger partial charge in [-0.15, -0.1) is 0 Å². The van der Waals surface area contributed by atoms with Gasteiger partial charge in [0.25, 0.3) is 0 Å². The topological polar surface area (TPSA) is 42.9 Å². The number of methoxy groups -OCH3 is 1. The number of nitrogens with two attached hydrogens (primary N) is 1. The predicted molar refractivity (Wildman–Crippen MR) is 65.9 cm³/mol. The highest BCUT2D eigenvalue weighted by atomic mass is 19.1. The van der Waals surface area contributed by atoms with Crippen molar-refractivity contribution >= 4 is 5.97 Å². The Balaban J connectivity index is 2.31. The van der Waals surface area contributed by atoms with Crippen LogP contribution in [0.2, 0.25) is 0 Å². The van der Waals surface area contributed by atoms with Crippen LogP contribution in [0.5, 0.6) is 0 Å². The van der Waals surface area contributed by atoms with Crippen LogP contribution in [0.4, 0.5) is 4.39 Å². The second kappa shape index (κ2) is 5.48. The molecule has 0 saturated carbocycles. The van der Waals surface area contributed by atoms with Crippen LogP contribution in [-0.4, -0.2) is 26.2 Å². The highest BCUT2D eigenvalue weighted by Gasteiger charge is 2.26. The van der Waals surface area contributed by atoms with Crippen molar-refractivity contribution in [2.24, 2.45) is 5.92 Å². The fourth-order valence-corrected chi connectivity index (χ4v) is 2.66. The third-order valence-corrected chi connectivity index (χ3v) is 3.73. The molecule has 0 aromatic heterocycles. The summed E-state index contributed by atoms with van der Waals surface area (Å²) in [6.07, 6.45) is 1.06. The molecule has 1 saturated heterocycles. The van der Waals surface area contributed by atoms with Gasteiger partial charge in [-0.2, -0.15) is 0 Å². The van der Waals surface area contributed by atoms with Crippen molar-refractivity contribution in [2.45, 2.75) is 19.3 Å². The monoisotopic (exact) mass is 252 g/mol. The zero-order chi connectivity index (χ0) is 13.1. The molecule has 1 fully saturated rings. The first-order valence-corrected chi connectivity index (χ1v) is 6.33. The van der Waals surface area contributed by atoms with E-state index in [4.69, 9.17) is 0 Å². The summed E-state index contributed by atoms with van der Waals surface area (Å²) < 4.78 is 18.2. The lowest BCUT2D eigenvalue weighted by atomic mass is 9.82. The van der Waals surface area contributed by atoms with E-state index in [0.717, 1.165) is 25.1 Å². The summed E-state index contributed by atoms with van der Waals surface area (Å²) in [7, 11) is 1.27. The number of rotatable bonds is 2. The summed E-state index contributed by atoms with van der Waals surface area (Å²) >= 11 is 0. The Bertz CT molecular complexity index is 447. The molecule has 1 aromatic rings. The molecule has 0 bridgehead atoms. The maximum Gasteiger partial charge on any atom is 0.340 e. The smallest absolute Gasteiger partial charge is 0.340 e. The highest BCUT2D eigenvalue weighted by molar-refractivity contribution is 5.89. The molecule has 0 unspecified atom stereocenters. The van der Waals surface area contributed by atoms with Crippen LogP contribution in [0.3, 0.4) is 0 Å². The fourth-order valence-electron chi connectivity index (χ4n) is 2.66. The number of esters is 1. The number of halogens is 1. The van der Waals surface area contributed by atoms with Crippen LogP contribution in [0.25, 0.3) is 0 Å². The molecule has 2 N–H and O–H groups in total. The van der Waals surface area contributed by atoms with E-state index in [9.17, 15) is 9.18 Å². The van der Waals surface area contributed by atoms with Crippen LogP contribution in [0, 0.1) is 11.7 Å². The molecule has 0 aliphatic carbocycles. The quantitative estimate of drug-likeness (QED) is 0.806. The molecule has 98 valence electrons. The van der Waals surface area contributed by atoms with Gasteiger partial charge in [-0.3, -0.25) is 0 Å². The summed E-state index contributed by atoms with van der Waals surface area (Å²) in [5.74, 6) is -0.182. The Labute approximate surface area is 106 Å². The molecule has 1 heterocycles. The molecule has 1 aliphatic heterocycles. The second-order valence-electron chi connectivity index (χ2n) is 4.92. The Morgan fingerprint density at radius 3 is 2.94 bits per heavy atom. The third-order valence-electron chi connectivity index (χ3n) is 3.73. The van der Waals surface area contributed by atoms with E-state index in [-0.39, 0.29) is 5.56 Å². The summed E-state index contributed by atoms with van der Waals surface area (Å²) in [5, 5.41) is 2.30. The van der Waals surface area contributed by atoms with Crippen LogP contribution in [-0.2, 0) is 4.74 Å². The van der Waals surface area contributed by atoms with Crippen LogP contribution in [0.15, 0.2) is 18.2 Å². The number of carbonyl (C=O) groups excluding carboxylic acids is 1. The van der Waals surface area contributed by atoms with Gasteiger partial charge in [-0.05, 0) is 23.6 Å². The van der Waals surface area contributed by atoms with Crippen molar-refractivity contribution in [3.05, 3.63) is 35.1 Å². The van der Waals surface area contributed by atoms with E-state index in [1.807, 2.05) is 0 Å². The lowest BCUT2D eigenvalue weighted by Gasteiger charge is -2.27. The van der Waals surface area contributed by atoms with Gasteiger partial charge in [0, 0.05) is 12.3 Å². The Morgan fingerprint density at radius 2 is 2.28 bits per heavy atom. The van der Waals surface area contributed by atoms with Gasteiger partial charge in [-0.1, -0.05) is 13.0 Å². The third kappa shape index (κ3) is 2.53. The number of hydrogen-bond acceptors (Lipinski definition) is 2. The number of piperidine rings is 1. The highest BCUT2D eigenvalue weighted by Crippen LogP contribution is 2.29. The second-order valence-corrected chi connectivity index (χ2v) is 4.92. The van der Waals surface area contributed by atoms with Crippen molar-refractivity contribution in [1.29, 1.82) is 0 Å². The van der Waals surface area contributed by atoms with Gasteiger partial charge in [0.05, 0.1) is 25.8 Å². The van der Waals surface area contributed by atoms with Gasteiger partial charge < -0.3 is 10.1 Å². The number of carbonyl (C=O) groups is 1. The average Bonchev–Trinajstić information content (AvgIpc) is 2.39. The van der Waals surface area contributed by atoms with E-state index in [1.54, 1.807) is 12.1 Å². The van der Waals surface area contributed by atoms with E-state index in [2.05, 4.69) is 17.0 Å². The molecule has 0 radical (unpaired) electrons. The molecular formula is C14H19FNO2+. The summed E-state index contributed by atoms with van der Waals surface area (Å²) in [4.78, 5) is 11.5. The van der Waals surface area contributed by atoms with E-state index >= 15 is 0 Å². The molecule has 0 spiro atoms. The molecule has 1 aliphatic rings. The number of hydrogen-bond donors (Lipinski definition) is 1. The van der Waals surface area contributed by atoms with Crippen molar-refractivity contribution in [2.75, 3.05) is 20.2 Å². The van der Waals surface area contributed by atoms with Crippen molar-refractivity contribution in [3.8, 4) is 0 Å². The molecule has 4 heteroatoms. The summed E-state index contributed by atoms with van der Waals surface area (Å²) in [5.41, 5.74) is 1.08. The Hall–Kier alpha value is -1.42. The molecule has 2 rings (SSSR count). The molecule has 3 nitrogen and oxygen atoms in total. The van der Waals surface area contributed by atoms with Crippen molar-refractivity contribution in [1.82, 2.24) is 0 Å². The minimum absolute atomic E-state index is 0.0387. The molecular weight excluding hydrogens is 233 g/mol. The summed E-state index contributed by atoms with van der Waals surface area (Å²) in [6, 6.07) is 4.80. The minimum Gasteiger partial charge on any atom is -0.465 e. The van der Waals surface area contributed by atoms with Gasteiger partial charge in [0.1, 0.15) is 5.82 Å². The largest absolute Gasteiger partial charge is 0.465 e. The lowest BCUT2D eigenvalue weighted by molar-refractivity contribution is -0.669. The maximum atomic E-state index is 13.6. The van der Waals surface area contributed by atoms with E-state index < -0.39 is 11.8 Å². The fraction of sp³-hybridized carbons (Fsp3) is 0.500. The normalized spacial score (nSPS) is 23.7. The number of quaternary nitrogens is 1. The van der Waals surface area contributed by atoms with Gasteiger partial charge in [-0.25, -0.2) is 9.18 Å². The minimum atomic E-state index is -0.607. The Morgan fingerprint density at radius 1 is 1.50 bits per heavy atom. The van der Waals surface area contributed by atoms with E-state index in [0.29, 0.717) is 11.8 Å². The summed E-state index contributed by atoms with van der Waals surface area (Å²) in [6.45, 7) is 4.36. The SMILES string of the molecule is COC(=O)c1cc([C@H]2CC[NH2+]C[C@@H]2C)ccc1F. The molecule has 1 aromatic carbocycles. The standard InChI is InChI=1S/C14H18FNO2/c1-9-8-16-6-5-11(9)10-3-4-13(15)12(7-10)14(17)18-2/h3-4,7,9,11,16H,5-6,8H2,1-2H3/p+1/t9-,11-/m0/s1. The predicted octanol–water partition coefficient (Wildman–Crippen LogP) is 1.30. The van der Waals surface area contributed by atoms with Gasteiger partial charge in [0.2, 0.25) is 0 Å². The van der Waals surface area contributed by atoms with Crippen LogP contribution >= 0.6 is 0 Å². The number of ether oxygens (including phenoxy) is 1. The van der Waals surface area contributed by atoms with Gasteiger partial charge >= 0.3 is 5.97 Å². The van der Waals surface area contributed by atoms with Crippen molar-refractivity contribution < 1.29 is 19.2 Å². The van der Waals surface area contributed by atoms with Crippen molar-refractivity contribution in [3.63, 3.8) is 0 Å². The molecule has 0 amide bonds. The van der Waals surface area contributed by atoms with E-state index in [1.165, 1.54) is 13.2 Å². The first-order chi connectivity index (χ1) is 8.63.